The van der Waals surface area contributed by atoms with Crippen molar-refractivity contribution in [3.05, 3.63) is 22.2 Å². The molecular formula is C17H17N3O2S. The van der Waals surface area contributed by atoms with Crippen LogP contribution < -0.4 is 5.32 Å². The molecule has 1 aliphatic carbocycles. The topological polar surface area (TPSA) is 62.3 Å². The van der Waals surface area contributed by atoms with E-state index in [1.807, 2.05) is 0 Å². The van der Waals surface area contributed by atoms with Crippen molar-refractivity contribution in [3.63, 3.8) is 0 Å². The zero-order valence-electron chi connectivity index (χ0n) is 12.7. The van der Waals surface area contributed by atoms with E-state index >= 15 is 0 Å². The lowest BCUT2D eigenvalue weighted by Gasteiger charge is -2.19. The van der Waals surface area contributed by atoms with E-state index in [-0.39, 0.29) is 17.9 Å². The Labute approximate surface area is 137 Å². The number of nitrogens with zero attached hydrogens (tertiary/aromatic N) is 2. The van der Waals surface area contributed by atoms with Gasteiger partial charge in [0, 0.05) is 17.6 Å². The first-order valence-electron chi connectivity index (χ1n) is 8.29. The fourth-order valence-corrected chi connectivity index (χ4v) is 5.12. The minimum Gasteiger partial charge on any atom is -0.326 e. The van der Waals surface area contributed by atoms with Crippen LogP contribution in [0.1, 0.15) is 46.6 Å². The van der Waals surface area contributed by atoms with Crippen LogP contribution in [0.5, 0.6) is 0 Å². The molecule has 6 heteroatoms. The molecule has 0 saturated carbocycles. The molecule has 1 N–H and O–H groups in total. The molecule has 4 heterocycles. The van der Waals surface area contributed by atoms with E-state index in [9.17, 15) is 9.59 Å². The second-order valence-electron chi connectivity index (χ2n) is 6.61. The number of hydrogen-bond acceptors (Lipinski definition) is 4. The fourth-order valence-electron chi connectivity index (χ4n) is 4.04. The van der Waals surface area contributed by atoms with Gasteiger partial charge in [-0.15, -0.1) is 11.3 Å². The molecule has 0 radical (unpaired) electrons. The lowest BCUT2D eigenvalue weighted by Crippen LogP contribution is -2.40. The lowest BCUT2D eigenvalue weighted by atomic mass is 9.95. The quantitative estimate of drug-likeness (QED) is 0.809. The molecular weight excluding hydrogens is 310 g/mol. The molecule has 2 aromatic rings. The number of carbonyl (C=O) groups excluding carboxylic acids is 2. The second kappa shape index (κ2) is 4.77. The zero-order chi connectivity index (χ0) is 15.6. The number of fused-ring (bicyclic) bond motifs is 5. The maximum absolute atomic E-state index is 12.9. The Bertz CT molecular complexity index is 857. The smallest absolute Gasteiger partial charge is 0.266 e. The highest BCUT2D eigenvalue weighted by atomic mass is 32.1. The van der Waals surface area contributed by atoms with Gasteiger partial charge in [-0.05, 0) is 50.2 Å². The van der Waals surface area contributed by atoms with Gasteiger partial charge in [0.05, 0.1) is 5.69 Å². The molecule has 0 aromatic carbocycles. The largest absolute Gasteiger partial charge is 0.326 e. The summed E-state index contributed by atoms with van der Waals surface area (Å²) in [6.45, 7) is 0.675. The van der Waals surface area contributed by atoms with E-state index in [1.165, 1.54) is 29.7 Å². The Kier molecular flexibility index (Phi) is 2.80. The van der Waals surface area contributed by atoms with Crippen molar-refractivity contribution in [1.29, 1.82) is 0 Å². The third kappa shape index (κ3) is 1.87. The van der Waals surface area contributed by atoms with Crippen LogP contribution >= 0.6 is 11.3 Å². The van der Waals surface area contributed by atoms with Crippen molar-refractivity contribution in [2.24, 2.45) is 0 Å². The van der Waals surface area contributed by atoms with Crippen LogP contribution in [0.2, 0.25) is 0 Å². The molecule has 2 aromatic heterocycles. The third-order valence-electron chi connectivity index (χ3n) is 5.22. The summed E-state index contributed by atoms with van der Waals surface area (Å²) in [5.74, 6) is -0.0613. The molecule has 1 atom stereocenters. The highest BCUT2D eigenvalue weighted by Crippen LogP contribution is 2.40. The van der Waals surface area contributed by atoms with Gasteiger partial charge >= 0.3 is 0 Å². The van der Waals surface area contributed by atoms with Crippen molar-refractivity contribution in [2.75, 3.05) is 11.9 Å². The SMILES string of the molecule is O=C1Nc2c(sc3nc4c(cc23)CCCC4)C(=O)N2CCC[C@H]12. The number of amides is 2. The van der Waals surface area contributed by atoms with Crippen molar-refractivity contribution in [3.8, 4) is 0 Å². The molecule has 5 nitrogen and oxygen atoms in total. The number of rotatable bonds is 0. The van der Waals surface area contributed by atoms with E-state index in [0.717, 1.165) is 41.6 Å². The van der Waals surface area contributed by atoms with Crippen LogP contribution in [0, 0.1) is 0 Å². The average Bonchev–Trinajstić information content (AvgIpc) is 3.15. The summed E-state index contributed by atoms with van der Waals surface area (Å²) in [7, 11) is 0. The Hall–Kier alpha value is -1.95. The van der Waals surface area contributed by atoms with Crippen LogP contribution in [-0.2, 0) is 17.6 Å². The summed E-state index contributed by atoms with van der Waals surface area (Å²) in [6.07, 6.45) is 6.09. The Morgan fingerprint density at radius 1 is 1.22 bits per heavy atom. The first kappa shape index (κ1) is 13.5. The van der Waals surface area contributed by atoms with Crippen LogP contribution in [0.15, 0.2) is 6.07 Å². The van der Waals surface area contributed by atoms with Crippen LogP contribution in [0.4, 0.5) is 5.69 Å². The molecule has 1 saturated heterocycles. The maximum Gasteiger partial charge on any atom is 0.266 e. The van der Waals surface area contributed by atoms with Crippen molar-refractivity contribution in [2.45, 2.75) is 44.6 Å². The lowest BCUT2D eigenvalue weighted by molar-refractivity contribution is -0.119. The summed E-state index contributed by atoms with van der Waals surface area (Å²) in [5, 5.41) is 3.96. The summed E-state index contributed by atoms with van der Waals surface area (Å²) >= 11 is 1.43. The first-order chi connectivity index (χ1) is 11.2. The normalized spacial score (nSPS) is 23.3. The molecule has 0 spiro atoms. The number of carbonyl (C=O) groups is 2. The fraction of sp³-hybridized carbons (Fsp3) is 0.471. The van der Waals surface area contributed by atoms with E-state index in [1.54, 1.807) is 4.90 Å². The van der Waals surface area contributed by atoms with E-state index in [2.05, 4.69) is 11.4 Å². The monoisotopic (exact) mass is 327 g/mol. The number of nitrogens with one attached hydrogen (secondary N) is 1. The highest BCUT2D eigenvalue weighted by molar-refractivity contribution is 7.21. The predicted octanol–water partition coefficient (Wildman–Crippen LogP) is 2.73. The number of anilines is 1. The Morgan fingerprint density at radius 3 is 3.00 bits per heavy atom. The van der Waals surface area contributed by atoms with Crippen molar-refractivity contribution < 1.29 is 9.59 Å². The van der Waals surface area contributed by atoms with Crippen LogP contribution in [0.3, 0.4) is 0 Å². The van der Waals surface area contributed by atoms with Gasteiger partial charge < -0.3 is 10.2 Å². The van der Waals surface area contributed by atoms with Crippen molar-refractivity contribution >= 4 is 39.1 Å². The Balaban J connectivity index is 1.72. The van der Waals surface area contributed by atoms with Gasteiger partial charge in [-0.2, -0.15) is 0 Å². The molecule has 23 heavy (non-hydrogen) atoms. The molecule has 5 rings (SSSR count). The molecule has 3 aliphatic rings. The zero-order valence-corrected chi connectivity index (χ0v) is 13.5. The molecule has 0 unspecified atom stereocenters. The van der Waals surface area contributed by atoms with Gasteiger partial charge in [0.2, 0.25) is 5.91 Å². The van der Waals surface area contributed by atoms with Gasteiger partial charge in [-0.1, -0.05) is 0 Å². The van der Waals surface area contributed by atoms with Crippen molar-refractivity contribution in [1.82, 2.24) is 9.88 Å². The first-order valence-corrected chi connectivity index (χ1v) is 9.11. The number of pyridine rings is 1. The number of hydrogen-bond donors (Lipinski definition) is 1. The van der Waals surface area contributed by atoms with E-state index in [0.29, 0.717) is 17.1 Å². The molecule has 1 fully saturated rings. The number of aryl methyl sites for hydroxylation is 2. The molecule has 118 valence electrons. The minimum absolute atomic E-state index is 0.0122. The molecule has 2 amide bonds. The number of thiophene rings is 1. The third-order valence-corrected chi connectivity index (χ3v) is 6.31. The van der Waals surface area contributed by atoms with Gasteiger partial charge in [0.25, 0.3) is 5.91 Å². The summed E-state index contributed by atoms with van der Waals surface area (Å²) in [4.78, 5) is 33.4. The van der Waals surface area contributed by atoms with Gasteiger partial charge in [0.15, 0.2) is 0 Å². The van der Waals surface area contributed by atoms with Gasteiger partial charge in [-0.25, -0.2) is 4.98 Å². The Morgan fingerprint density at radius 2 is 2.09 bits per heavy atom. The highest BCUT2D eigenvalue weighted by Gasteiger charge is 2.40. The molecule has 2 aliphatic heterocycles. The summed E-state index contributed by atoms with van der Waals surface area (Å²) in [6, 6.07) is 1.85. The van der Waals surface area contributed by atoms with Crippen LogP contribution in [-0.4, -0.2) is 34.3 Å². The minimum atomic E-state index is -0.303. The van der Waals surface area contributed by atoms with Gasteiger partial charge in [-0.3, -0.25) is 9.59 Å². The standard InChI is InChI=1S/C17H17N3O2S/c21-15-12-6-3-7-20(12)17(22)14-13(19-15)10-8-9-4-1-2-5-11(9)18-16(10)23-14/h8,12H,1-7H2,(H,19,21)/t12-/m1/s1. The second-order valence-corrected chi connectivity index (χ2v) is 7.61. The van der Waals surface area contributed by atoms with E-state index in [4.69, 9.17) is 4.98 Å². The average molecular weight is 327 g/mol. The van der Waals surface area contributed by atoms with E-state index < -0.39 is 0 Å². The van der Waals surface area contributed by atoms with Gasteiger partial charge in [0.1, 0.15) is 15.7 Å². The molecule has 0 bridgehead atoms. The maximum atomic E-state index is 12.9. The number of aromatic nitrogens is 1. The summed E-state index contributed by atoms with van der Waals surface area (Å²) in [5.41, 5.74) is 3.13. The predicted molar refractivity (Wildman–Crippen MR) is 89.0 cm³/mol. The summed E-state index contributed by atoms with van der Waals surface area (Å²) < 4.78 is 0. The van der Waals surface area contributed by atoms with Crippen LogP contribution in [0.25, 0.3) is 10.2 Å².